The first-order valence-electron chi connectivity index (χ1n) is 4.66. The molecule has 1 aromatic rings. The van der Waals surface area contributed by atoms with Gasteiger partial charge in [0.2, 0.25) is 0 Å². The molecule has 0 fully saturated rings. The van der Waals surface area contributed by atoms with Crippen LogP contribution >= 0.6 is 11.8 Å². The molecule has 0 bridgehead atoms. The summed E-state index contributed by atoms with van der Waals surface area (Å²) < 4.78 is 0. The van der Waals surface area contributed by atoms with Crippen LogP contribution in [0.3, 0.4) is 0 Å². The summed E-state index contributed by atoms with van der Waals surface area (Å²) in [5, 5.41) is 3.28. The molecule has 0 amide bonds. The predicted molar refractivity (Wildman–Crippen MR) is 60.3 cm³/mol. The van der Waals surface area contributed by atoms with E-state index in [0.29, 0.717) is 0 Å². The first kappa shape index (κ1) is 10.4. The topological polar surface area (TPSA) is 24.9 Å². The van der Waals surface area contributed by atoms with Crippen LogP contribution in [0.15, 0.2) is 24.4 Å². The molecule has 0 radical (unpaired) electrons. The number of thioether (sulfide) groups is 1. The molecule has 72 valence electrons. The van der Waals surface area contributed by atoms with Crippen molar-refractivity contribution in [3.05, 3.63) is 24.4 Å². The summed E-state index contributed by atoms with van der Waals surface area (Å²) in [6.45, 7) is 3.21. The molecule has 13 heavy (non-hydrogen) atoms. The minimum Gasteiger partial charge on any atom is -0.370 e. The van der Waals surface area contributed by atoms with Gasteiger partial charge < -0.3 is 5.32 Å². The van der Waals surface area contributed by atoms with Crippen LogP contribution in [0.1, 0.15) is 13.3 Å². The fourth-order valence-corrected chi connectivity index (χ4v) is 1.64. The normalized spacial score (nSPS) is 9.92. The molecule has 3 heteroatoms. The van der Waals surface area contributed by atoms with Gasteiger partial charge in [-0.15, -0.1) is 0 Å². The third kappa shape index (κ3) is 4.78. The highest BCUT2D eigenvalue weighted by Gasteiger charge is 1.90. The minimum absolute atomic E-state index is 0.976. The highest BCUT2D eigenvalue weighted by molar-refractivity contribution is 7.99. The van der Waals surface area contributed by atoms with Crippen molar-refractivity contribution in [3.8, 4) is 0 Å². The van der Waals surface area contributed by atoms with Crippen LogP contribution in [0.25, 0.3) is 0 Å². The zero-order chi connectivity index (χ0) is 9.36. The van der Waals surface area contributed by atoms with Gasteiger partial charge in [-0.05, 0) is 30.1 Å². The van der Waals surface area contributed by atoms with Crippen LogP contribution in [-0.4, -0.2) is 23.0 Å². The maximum atomic E-state index is 4.18. The van der Waals surface area contributed by atoms with Gasteiger partial charge in [-0.3, -0.25) is 0 Å². The molecule has 0 aliphatic heterocycles. The molecular weight excluding hydrogens is 180 g/mol. The first-order chi connectivity index (χ1) is 6.43. The molecule has 1 aromatic heterocycles. The van der Waals surface area contributed by atoms with E-state index in [2.05, 4.69) is 17.2 Å². The van der Waals surface area contributed by atoms with Gasteiger partial charge in [0.05, 0.1) is 0 Å². The van der Waals surface area contributed by atoms with E-state index in [4.69, 9.17) is 0 Å². The molecule has 0 aliphatic carbocycles. The largest absolute Gasteiger partial charge is 0.370 e. The molecule has 0 saturated heterocycles. The molecule has 0 spiro atoms. The molecule has 0 aromatic carbocycles. The number of nitrogens with zero attached hydrogens (tertiary/aromatic N) is 1. The van der Waals surface area contributed by atoms with Crippen molar-refractivity contribution in [1.82, 2.24) is 4.98 Å². The zero-order valence-corrected chi connectivity index (χ0v) is 8.81. The average Bonchev–Trinajstić information content (AvgIpc) is 2.19. The van der Waals surface area contributed by atoms with Crippen LogP contribution in [0, 0.1) is 0 Å². The summed E-state index contributed by atoms with van der Waals surface area (Å²) in [6.07, 6.45) is 3.01. The van der Waals surface area contributed by atoms with Crippen molar-refractivity contribution in [2.75, 3.05) is 23.4 Å². The Bertz CT molecular complexity index is 213. The quantitative estimate of drug-likeness (QED) is 0.708. The van der Waals surface area contributed by atoms with Crippen molar-refractivity contribution in [2.24, 2.45) is 0 Å². The lowest BCUT2D eigenvalue weighted by Gasteiger charge is -2.03. The summed E-state index contributed by atoms with van der Waals surface area (Å²) >= 11 is 1.98. The van der Waals surface area contributed by atoms with Gasteiger partial charge in [-0.25, -0.2) is 4.98 Å². The lowest BCUT2D eigenvalue weighted by Crippen LogP contribution is -2.03. The van der Waals surface area contributed by atoms with E-state index in [9.17, 15) is 0 Å². The van der Waals surface area contributed by atoms with E-state index in [1.807, 2.05) is 36.2 Å². The Morgan fingerprint density at radius 1 is 1.46 bits per heavy atom. The first-order valence-corrected chi connectivity index (χ1v) is 5.81. The monoisotopic (exact) mass is 196 g/mol. The summed E-state index contributed by atoms with van der Waals surface area (Å²) in [5.41, 5.74) is 0. The Balaban J connectivity index is 2.07. The summed E-state index contributed by atoms with van der Waals surface area (Å²) in [4.78, 5) is 4.18. The number of rotatable bonds is 6. The Morgan fingerprint density at radius 2 is 2.38 bits per heavy atom. The highest BCUT2D eigenvalue weighted by atomic mass is 32.2. The van der Waals surface area contributed by atoms with Crippen LogP contribution in [-0.2, 0) is 0 Å². The Labute approximate surface area is 84.1 Å². The molecule has 1 N–H and O–H groups in total. The maximum Gasteiger partial charge on any atom is 0.125 e. The van der Waals surface area contributed by atoms with Crippen molar-refractivity contribution >= 4 is 17.6 Å². The molecule has 1 rings (SSSR count). The third-order valence-electron chi connectivity index (χ3n) is 1.64. The summed E-state index contributed by atoms with van der Waals surface area (Å²) in [7, 11) is 0. The highest BCUT2D eigenvalue weighted by Crippen LogP contribution is 2.03. The van der Waals surface area contributed by atoms with Gasteiger partial charge >= 0.3 is 0 Å². The predicted octanol–water partition coefficient (Wildman–Crippen LogP) is 2.64. The van der Waals surface area contributed by atoms with Crippen molar-refractivity contribution in [1.29, 1.82) is 0 Å². The second-order valence-corrected chi connectivity index (χ2v) is 4.09. The number of nitrogens with one attached hydrogen (secondary N) is 1. The van der Waals surface area contributed by atoms with Crippen molar-refractivity contribution in [2.45, 2.75) is 13.3 Å². The van der Waals surface area contributed by atoms with Crippen molar-refractivity contribution in [3.63, 3.8) is 0 Å². The van der Waals surface area contributed by atoms with E-state index >= 15 is 0 Å². The van der Waals surface area contributed by atoms with E-state index in [-0.39, 0.29) is 0 Å². The minimum atomic E-state index is 0.976. The van der Waals surface area contributed by atoms with Gasteiger partial charge in [0.25, 0.3) is 0 Å². The lowest BCUT2D eigenvalue weighted by molar-refractivity contribution is 0.980. The second-order valence-electron chi connectivity index (χ2n) is 2.69. The standard InChI is InChI=1S/C10H16N2S/c1-2-13-9-5-8-12-10-6-3-4-7-11-10/h3-4,6-7H,2,5,8-9H2,1H3,(H,11,12). The van der Waals surface area contributed by atoms with Gasteiger partial charge in [0.1, 0.15) is 5.82 Å². The van der Waals surface area contributed by atoms with E-state index in [0.717, 1.165) is 12.4 Å². The SMILES string of the molecule is CCSCCCNc1ccccn1. The smallest absolute Gasteiger partial charge is 0.125 e. The van der Waals surface area contributed by atoms with E-state index in [1.54, 1.807) is 0 Å². The molecular formula is C10H16N2S. The number of hydrogen-bond acceptors (Lipinski definition) is 3. The summed E-state index contributed by atoms with van der Waals surface area (Å²) in [5.74, 6) is 3.42. The van der Waals surface area contributed by atoms with E-state index in [1.165, 1.54) is 17.9 Å². The number of anilines is 1. The maximum absolute atomic E-state index is 4.18. The molecule has 0 unspecified atom stereocenters. The number of aromatic nitrogens is 1. The third-order valence-corrected chi connectivity index (χ3v) is 2.63. The fourth-order valence-electron chi connectivity index (χ4n) is 1.00. The van der Waals surface area contributed by atoms with Crippen molar-refractivity contribution < 1.29 is 0 Å². The van der Waals surface area contributed by atoms with Gasteiger partial charge in [-0.2, -0.15) is 11.8 Å². The lowest BCUT2D eigenvalue weighted by atomic mass is 10.4. The molecule has 1 heterocycles. The van der Waals surface area contributed by atoms with E-state index < -0.39 is 0 Å². The van der Waals surface area contributed by atoms with Crippen LogP contribution in [0.5, 0.6) is 0 Å². The number of hydrogen-bond donors (Lipinski definition) is 1. The molecule has 2 nitrogen and oxygen atoms in total. The zero-order valence-electron chi connectivity index (χ0n) is 7.99. The summed E-state index contributed by atoms with van der Waals surface area (Å²) in [6, 6.07) is 5.92. The Kier molecular flexibility index (Phi) is 5.41. The van der Waals surface area contributed by atoms with Crippen LogP contribution in [0.2, 0.25) is 0 Å². The van der Waals surface area contributed by atoms with Gasteiger partial charge in [-0.1, -0.05) is 13.0 Å². The van der Waals surface area contributed by atoms with Gasteiger partial charge in [0.15, 0.2) is 0 Å². The Hall–Kier alpha value is -0.700. The fraction of sp³-hybridized carbons (Fsp3) is 0.500. The Morgan fingerprint density at radius 3 is 3.08 bits per heavy atom. The molecule has 0 saturated carbocycles. The van der Waals surface area contributed by atoms with Gasteiger partial charge in [0, 0.05) is 12.7 Å². The average molecular weight is 196 g/mol. The number of pyridine rings is 1. The second kappa shape index (κ2) is 6.78. The van der Waals surface area contributed by atoms with Crippen LogP contribution < -0.4 is 5.32 Å². The molecule has 0 aliphatic rings. The van der Waals surface area contributed by atoms with Crippen LogP contribution in [0.4, 0.5) is 5.82 Å². The molecule has 0 atom stereocenters.